The number of benzene rings is 1. The number of nitrogens with zero attached hydrogens (tertiary/aromatic N) is 4. The van der Waals surface area contributed by atoms with Crippen LogP contribution >= 0.6 is 0 Å². The van der Waals surface area contributed by atoms with Gasteiger partial charge < -0.3 is 24.3 Å². The minimum atomic E-state index is -0.566. The fourth-order valence-electron chi connectivity index (χ4n) is 4.25. The van der Waals surface area contributed by atoms with E-state index in [-0.39, 0.29) is 17.8 Å². The summed E-state index contributed by atoms with van der Waals surface area (Å²) < 4.78 is 19.9. The number of hydrogen-bond acceptors (Lipinski definition) is 6. The lowest BCUT2D eigenvalue weighted by atomic mass is 10.1. The Morgan fingerprint density at radius 3 is 2.47 bits per heavy atom. The third-order valence-electron chi connectivity index (χ3n) is 6.02. The number of piperazine rings is 2. The Morgan fingerprint density at radius 1 is 1.20 bits per heavy atom. The third kappa shape index (κ3) is 4.58. The van der Waals surface area contributed by atoms with E-state index in [9.17, 15) is 19.3 Å². The summed E-state index contributed by atoms with van der Waals surface area (Å²) in [6, 6.07) is 2.46. The average Bonchev–Trinajstić information content (AvgIpc) is 2.73. The molecule has 0 unspecified atom stereocenters. The van der Waals surface area contributed by atoms with E-state index in [2.05, 4.69) is 6.92 Å². The third-order valence-corrected chi connectivity index (χ3v) is 6.02. The molecule has 0 saturated carbocycles. The number of halogens is 1. The zero-order valence-corrected chi connectivity index (χ0v) is 17.9. The second kappa shape index (κ2) is 9.46. The van der Waals surface area contributed by atoms with Crippen molar-refractivity contribution in [3.63, 3.8) is 0 Å². The van der Waals surface area contributed by atoms with E-state index >= 15 is 0 Å². The number of amides is 1. The molecule has 1 atom stereocenters. The molecule has 166 valence electrons. The van der Waals surface area contributed by atoms with Crippen molar-refractivity contribution in [2.24, 2.45) is 0 Å². The van der Waals surface area contributed by atoms with Crippen molar-refractivity contribution >= 4 is 23.2 Å². The van der Waals surface area contributed by atoms with Crippen LogP contribution in [0.1, 0.15) is 20.8 Å². The number of nitro groups is 1. The van der Waals surface area contributed by atoms with Gasteiger partial charge in [0, 0.05) is 25.7 Å². The summed E-state index contributed by atoms with van der Waals surface area (Å²) in [5, 5.41) is 11.6. The molecule has 3 rings (SSSR count). The number of quaternary nitrogens is 1. The van der Waals surface area contributed by atoms with Crippen molar-refractivity contribution < 1.29 is 23.7 Å². The summed E-state index contributed by atoms with van der Waals surface area (Å²) >= 11 is 0. The predicted octanol–water partition coefficient (Wildman–Crippen LogP) is 1.13. The van der Waals surface area contributed by atoms with Crippen LogP contribution < -0.4 is 14.7 Å². The normalized spacial score (nSPS) is 20.4. The van der Waals surface area contributed by atoms with Gasteiger partial charge in [-0.25, -0.2) is 9.18 Å². The van der Waals surface area contributed by atoms with Crippen LogP contribution in [-0.4, -0.2) is 80.9 Å². The van der Waals surface area contributed by atoms with E-state index in [4.69, 9.17) is 4.74 Å². The highest BCUT2D eigenvalue weighted by Gasteiger charge is 2.33. The molecular weight excluding hydrogens is 393 g/mol. The van der Waals surface area contributed by atoms with Crippen LogP contribution in [0.3, 0.4) is 0 Å². The summed E-state index contributed by atoms with van der Waals surface area (Å²) in [5.41, 5.74) is 0.564. The molecule has 30 heavy (non-hydrogen) atoms. The van der Waals surface area contributed by atoms with Gasteiger partial charge in [0.15, 0.2) is 5.82 Å². The molecule has 9 nitrogen and oxygen atoms in total. The number of carbonyl (C=O) groups excluding carboxylic acids is 1. The molecule has 2 fully saturated rings. The second-order valence-electron chi connectivity index (χ2n) is 7.83. The first-order chi connectivity index (χ1) is 14.3. The molecule has 1 amide bonds. The van der Waals surface area contributed by atoms with Crippen LogP contribution in [0.15, 0.2) is 12.1 Å². The predicted molar refractivity (Wildman–Crippen MR) is 112 cm³/mol. The van der Waals surface area contributed by atoms with E-state index in [1.54, 1.807) is 17.9 Å². The summed E-state index contributed by atoms with van der Waals surface area (Å²) in [6.07, 6.45) is -0.379. The molecule has 0 aromatic heterocycles. The summed E-state index contributed by atoms with van der Waals surface area (Å²) in [5.74, 6) is -0.566. The Balaban J connectivity index is 1.85. The Hall–Kier alpha value is -2.62. The Bertz CT molecular complexity index is 785. The molecule has 2 aliphatic heterocycles. The molecule has 2 heterocycles. The van der Waals surface area contributed by atoms with Crippen molar-refractivity contribution in [2.45, 2.75) is 26.8 Å². The van der Waals surface area contributed by atoms with Crippen molar-refractivity contribution in [2.75, 3.05) is 68.8 Å². The first-order valence-corrected chi connectivity index (χ1v) is 10.6. The van der Waals surface area contributed by atoms with Crippen molar-refractivity contribution in [1.82, 2.24) is 4.90 Å². The maximum Gasteiger partial charge on any atom is 0.410 e. The van der Waals surface area contributed by atoms with Crippen LogP contribution in [0.25, 0.3) is 0 Å². The summed E-state index contributed by atoms with van der Waals surface area (Å²) in [4.78, 5) is 30.1. The minimum absolute atomic E-state index is 0.178. The van der Waals surface area contributed by atoms with Gasteiger partial charge in [0.2, 0.25) is 0 Å². The van der Waals surface area contributed by atoms with Gasteiger partial charge >= 0.3 is 6.09 Å². The van der Waals surface area contributed by atoms with Gasteiger partial charge in [-0.15, -0.1) is 0 Å². The fourth-order valence-corrected chi connectivity index (χ4v) is 4.25. The van der Waals surface area contributed by atoms with Gasteiger partial charge in [-0.05, 0) is 26.8 Å². The summed E-state index contributed by atoms with van der Waals surface area (Å²) in [6.45, 7) is 11.6. The molecule has 1 aromatic carbocycles. The molecule has 1 aromatic rings. The van der Waals surface area contributed by atoms with Crippen molar-refractivity contribution in [3.8, 4) is 0 Å². The lowest BCUT2D eigenvalue weighted by Gasteiger charge is -2.40. The highest BCUT2D eigenvalue weighted by Crippen LogP contribution is 2.36. The molecule has 2 saturated heterocycles. The number of carbonyl (C=O) groups is 1. The number of likely N-dealkylation sites (N-methyl/N-ethyl adjacent to an activating group) is 1. The molecule has 10 heteroatoms. The molecule has 1 N–H and O–H groups in total. The van der Waals surface area contributed by atoms with Gasteiger partial charge in [-0.1, -0.05) is 0 Å². The number of hydrogen-bond donors (Lipinski definition) is 1. The SMILES string of the molecule is CCOC(=O)N1CCN(c2cc(N3CC[NH+](CC)CC3)c(F)cc2[N+](=O)[O-])C[C@H]1C. The topological polar surface area (TPSA) is 83.6 Å². The molecule has 0 bridgehead atoms. The standard InChI is InChI=1S/C20H30FN5O4/c1-4-22-6-8-23(9-7-22)17-13-18(19(26(28)29)12-16(17)21)24-10-11-25(15(3)14-24)20(27)30-5-2/h12-13,15H,4-11,14H2,1-3H3/p+1/t15-/m1/s1. The van der Waals surface area contributed by atoms with Gasteiger partial charge in [0.25, 0.3) is 5.69 Å². The quantitative estimate of drug-likeness (QED) is 0.564. The number of nitrogens with one attached hydrogen (secondary N) is 1. The molecule has 2 aliphatic rings. The van der Waals surface area contributed by atoms with Crippen molar-refractivity contribution in [3.05, 3.63) is 28.1 Å². The van der Waals surface area contributed by atoms with Crippen LogP contribution in [0, 0.1) is 15.9 Å². The Morgan fingerprint density at radius 2 is 1.90 bits per heavy atom. The minimum Gasteiger partial charge on any atom is -0.450 e. The number of anilines is 2. The average molecular weight is 424 g/mol. The van der Waals surface area contributed by atoms with E-state index in [0.29, 0.717) is 50.7 Å². The highest BCUT2D eigenvalue weighted by atomic mass is 19.1. The number of nitro benzene ring substituents is 1. The van der Waals surface area contributed by atoms with Crippen molar-refractivity contribution in [1.29, 1.82) is 0 Å². The van der Waals surface area contributed by atoms with Gasteiger partial charge in [0.05, 0.1) is 56.0 Å². The Kier molecular flexibility index (Phi) is 6.96. The molecule has 0 spiro atoms. The first kappa shape index (κ1) is 22.1. The number of rotatable bonds is 5. The van der Waals surface area contributed by atoms with Crippen LogP contribution in [0.2, 0.25) is 0 Å². The fraction of sp³-hybridized carbons (Fsp3) is 0.650. The first-order valence-electron chi connectivity index (χ1n) is 10.6. The summed E-state index contributed by atoms with van der Waals surface area (Å²) in [7, 11) is 0. The largest absolute Gasteiger partial charge is 0.450 e. The van der Waals surface area contributed by atoms with E-state index in [0.717, 1.165) is 25.7 Å². The highest BCUT2D eigenvalue weighted by molar-refractivity contribution is 5.72. The van der Waals surface area contributed by atoms with Gasteiger partial charge in [0.1, 0.15) is 5.69 Å². The van der Waals surface area contributed by atoms with Gasteiger partial charge in [-0.2, -0.15) is 0 Å². The smallest absolute Gasteiger partial charge is 0.410 e. The maximum absolute atomic E-state index is 14.8. The zero-order chi connectivity index (χ0) is 21.8. The monoisotopic (exact) mass is 424 g/mol. The number of ether oxygens (including phenoxy) is 1. The van der Waals surface area contributed by atoms with Crippen LogP contribution in [0.4, 0.5) is 26.2 Å². The van der Waals surface area contributed by atoms with E-state index in [1.807, 2.05) is 16.7 Å². The lowest BCUT2D eigenvalue weighted by molar-refractivity contribution is -0.898. The second-order valence-corrected chi connectivity index (χ2v) is 7.83. The van der Waals surface area contributed by atoms with E-state index < -0.39 is 10.7 Å². The maximum atomic E-state index is 14.8. The Labute approximate surface area is 176 Å². The van der Waals surface area contributed by atoms with Gasteiger partial charge in [-0.3, -0.25) is 10.1 Å². The van der Waals surface area contributed by atoms with Crippen LogP contribution in [0.5, 0.6) is 0 Å². The lowest BCUT2D eigenvalue weighted by Crippen LogP contribution is -3.14. The van der Waals surface area contributed by atoms with E-state index in [1.165, 1.54) is 4.90 Å². The zero-order valence-electron chi connectivity index (χ0n) is 17.9. The molecule has 0 aliphatic carbocycles. The molecule has 0 radical (unpaired) electrons. The molecular formula is C20H31FN5O4+. The van der Waals surface area contributed by atoms with Crippen LogP contribution in [-0.2, 0) is 4.74 Å².